The molecular formula is C7H9N5. The van der Waals surface area contributed by atoms with Crippen molar-refractivity contribution >= 4 is 5.78 Å². The summed E-state index contributed by atoms with van der Waals surface area (Å²) >= 11 is 0. The summed E-state index contributed by atoms with van der Waals surface area (Å²) in [6.07, 6.45) is 5.85. The standard InChI is InChI=1S/C7H9N5/c1-2-3-6-4-8-7-9-10-11-12(7)5-6/h4-5H,2-3H2,1H3. The molecule has 2 rings (SSSR count). The number of hydrogen-bond acceptors (Lipinski definition) is 4. The number of aromatic nitrogens is 5. The molecule has 0 saturated heterocycles. The Morgan fingerprint density at radius 2 is 2.42 bits per heavy atom. The normalized spacial score (nSPS) is 10.8. The van der Waals surface area contributed by atoms with Crippen LogP contribution in [0.15, 0.2) is 12.4 Å². The van der Waals surface area contributed by atoms with E-state index in [2.05, 4.69) is 27.4 Å². The highest BCUT2D eigenvalue weighted by Crippen LogP contribution is 2.00. The predicted octanol–water partition coefficient (Wildman–Crippen LogP) is 0.472. The van der Waals surface area contributed by atoms with Crippen LogP contribution in [0, 0.1) is 0 Å². The lowest BCUT2D eigenvalue weighted by atomic mass is 10.2. The maximum atomic E-state index is 4.09. The summed E-state index contributed by atoms with van der Waals surface area (Å²) in [5.74, 6) is 0.551. The van der Waals surface area contributed by atoms with Crippen LogP contribution in [-0.4, -0.2) is 25.0 Å². The van der Waals surface area contributed by atoms with Gasteiger partial charge in [0.15, 0.2) is 0 Å². The lowest BCUT2D eigenvalue weighted by molar-refractivity contribution is 0.804. The van der Waals surface area contributed by atoms with Gasteiger partial charge in [0.05, 0.1) is 0 Å². The minimum absolute atomic E-state index is 0.551. The van der Waals surface area contributed by atoms with E-state index in [1.165, 1.54) is 0 Å². The summed E-state index contributed by atoms with van der Waals surface area (Å²) < 4.78 is 1.59. The van der Waals surface area contributed by atoms with Crippen LogP contribution in [0.2, 0.25) is 0 Å². The first-order valence-electron chi connectivity index (χ1n) is 3.93. The Morgan fingerprint density at radius 1 is 1.50 bits per heavy atom. The molecule has 0 aliphatic carbocycles. The zero-order valence-corrected chi connectivity index (χ0v) is 6.80. The van der Waals surface area contributed by atoms with Crippen molar-refractivity contribution in [2.75, 3.05) is 0 Å². The van der Waals surface area contributed by atoms with Crippen LogP contribution in [0.3, 0.4) is 0 Å². The summed E-state index contributed by atoms with van der Waals surface area (Å²) in [6.45, 7) is 2.13. The van der Waals surface area contributed by atoms with Gasteiger partial charge in [-0.15, -0.1) is 0 Å². The second-order valence-corrected chi connectivity index (χ2v) is 2.64. The van der Waals surface area contributed by atoms with Gasteiger partial charge in [-0.25, -0.2) is 4.98 Å². The Kier molecular flexibility index (Phi) is 1.69. The van der Waals surface area contributed by atoms with Gasteiger partial charge in [0.1, 0.15) is 0 Å². The van der Waals surface area contributed by atoms with Gasteiger partial charge in [-0.2, -0.15) is 4.52 Å². The van der Waals surface area contributed by atoms with Crippen LogP contribution in [0.4, 0.5) is 0 Å². The molecule has 2 aromatic rings. The number of fused-ring (bicyclic) bond motifs is 1. The maximum absolute atomic E-state index is 4.09. The zero-order valence-electron chi connectivity index (χ0n) is 6.80. The maximum Gasteiger partial charge on any atom is 0.273 e. The van der Waals surface area contributed by atoms with Crippen molar-refractivity contribution in [2.45, 2.75) is 19.8 Å². The van der Waals surface area contributed by atoms with Crippen molar-refractivity contribution in [1.29, 1.82) is 0 Å². The molecule has 0 aliphatic rings. The van der Waals surface area contributed by atoms with Gasteiger partial charge in [-0.05, 0) is 22.4 Å². The number of tetrazole rings is 1. The first kappa shape index (κ1) is 7.15. The lowest BCUT2D eigenvalue weighted by Gasteiger charge is -1.95. The van der Waals surface area contributed by atoms with E-state index in [4.69, 9.17) is 0 Å². The molecule has 0 spiro atoms. The fourth-order valence-electron chi connectivity index (χ4n) is 1.11. The van der Waals surface area contributed by atoms with Gasteiger partial charge in [0.2, 0.25) is 0 Å². The Bertz CT molecular complexity index is 380. The monoisotopic (exact) mass is 163 g/mol. The zero-order chi connectivity index (χ0) is 8.39. The largest absolute Gasteiger partial charge is 0.273 e. The molecule has 0 aliphatic heterocycles. The minimum atomic E-state index is 0.551. The van der Waals surface area contributed by atoms with E-state index in [0.717, 1.165) is 18.4 Å². The van der Waals surface area contributed by atoms with Crippen molar-refractivity contribution in [1.82, 2.24) is 25.0 Å². The fraction of sp³-hybridized carbons (Fsp3) is 0.429. The first-order valence-corrected chi connectivity index (χ1v) is 3.93. The quantitative estimate of drug-likeness (QED) is 0.645. The summed E-state index contributed by atoms with van der Waals surface area (Å²) in [4.78, 5) is 4.09. The Labute approximate surface area is 69.4 Å². The third-order valence-corrected chi connectivity index (χ3v) is 1.65. The van der Waals surface area contributed by atoms with Crippen LogP contribution in [-0.2, 0) is 6.42 Å². The van der Waals surface area contributed by atoms with Crippen molar-refractivity contribution in [3.63, 3.8) is 0 Å². The molecule has 0 fully saturated rings. The molecule has 62 valence electrons. The molecule has 0 bridgehead atoms. The van der Waals surface area contributed by atoms with E-state index < -0.39 is 0 Å². The molecule has 0 radical (unpaired) electrons. The number of nitrogens with zero attached hydrogens (tertiary/aromatic N) is 5. The van der Waals surface area contributed by atoms with Crippen LogP contribution >= 0.6 is 0 Å². The van der Waals surface area contributed by atoms with Gasteiger partial charge in [0.25, 0.3) is 5.78 Å². The molecule has 0 N–H and O–H groups in total. The van der Waals surface area contributed by atoms with E-state index in [0.29, 0.717) is 5.78 Å². The van der Waals surface area contributed by atoms with E-state index in [9.17, 15) is 0 Å². The third-order valence-electron chi connectivity index (χ3n) is 1.65. The molecule has 0 aromatic carbocycles. The van der Waals surface area contributed by atoms with E-state index in [1.54, 1.807) is 4.52 Å². The Hall–Kier alpha value is -1.52. The summed E-state index contributed by atoms with van der Waals surface area (Å²) in [5.41, 5.74) is 1.16. The second-order valence-electron chi connectivity index (χ2n) is 2.64. The second kappa shape index (κ2) is 2.84. The molecule has 0 amide bonds. The highest BCUT2D eigenvalue weighted by Gasteiger charge is 1.98. The van der Waals surface area contributed by atoms with Crippen LogP contribution < -0.4 is 0 Å². The van der Waals surface area contributed by atoms with Crippen LogP contribution in [0.1, 0.15) is 18.9 Å². The predicted molar refractivity (Wildman–Crippen MR) is 42.6 cm³/mol. The SMILES string of the molecule is CCCc1cnc2nnnn2c1. The van der Waals surface area contributed by atoms with Crippen molar-refractivity contribution < 1.29 is 0 Å². The highest BCUT2D eigenvalue weighted by molar-refractivity contribution is 5.23. The summed E-state index contributed by atoms with van der Waals surface area (Å²) in [6, 6.07) is 0. The molecular weight excluding hydrogens is 154 g/mol. The molecule has 0 atom stereocenters. The van der Waals surface area contributed by atoms with Gasteiger partial charge in [0, 0.05) is 12.4 Å². The van der Waals surface area contributed by atoms with Crippen molar-refractivity contribution in [2.24, 2.45) is 0 Å². The average Bonchev–Trinajstić information content (AvgIpc) is 2.51. The van der Waals surface area contributed by atoms with Gasteiger partial charge < -0.3 is 0 Å². The number of hydrogen-bond donors (Lipinski definition) is 0. The van der Waals surface area contributed by atoms with Gasteiger partial charge >= 0.3 is 0 Å². The van der Waals surface area contributed by atoms with E-state index in [-0.39, 0.29) is 0 Å². The topological polar surface area (TPSA) is 56.0 Å². The van der Waals surface area contributed by atoms with Crippen molar-refractivity contribution in [3.05, 3.63) is 18.0 Å². The molecule has 0 saturated carbocycles. The number of rotatable bonds is 2. The number of aryl methyl sites for hydroxylation is 1. The lowest BCUT2D eigenvalue weighted by Crippen LogP contribution is -1.94. The summed E-state index contributed by atoms with van der Waals surface area (Å²) in [7, 11) is 0. The molecule has 2 heterocycles. The Balaban J connectivity index is 2.46. The van der Waals surface area contributed by atoms with Gasteiger partial charge in [-0.1, -0.05) is 18.4 Å². The molecule has 12 heavy (non-hydrogen) atoms. The summed E-state index contributed by atoms with van der Waals surface area (Å²) in [5, 5.41) is 11.0. The highest BCUT2D eigenvalue weighted by atomic mass is 15.5. The molecule has 0 unspecified atom stereocenters. The first-order chi connectivity index (χ1) is 5.90. The van der Waals surface area contributed by atoms with E-state index >= 15 is 0 Å². The van der Waals surface area contributed by atoms with E-state index in [1.807, 2.05) is 12.4 Å². The van der Waals surface area contributed by atoms with Crippen molar-refractivity contribution in [3.8, 4) is 0 Å². The Morgan fingerprint density at radius 3 is 3.25 bits per heavy atom. The van der Waals surface area contributed by atoms with Crippen LogP contribution in [0.5, 0.6) is 0 Å². The molecule has 5 heteroatoms. The molecule has 2 aromatic heterocycles. The third kappa shape index (κ3) is 1.13. The van der Waals surface area contributed by atoms with Gasteiger partial charge in [-0.3, -0.25) is 0 Å². The fourth-order valence-corrected chi connectivity index (χ4v) is 1.11. The average molecular weight is 163 g/mol. The minimum Gasteiger partial charge on any atom is -0.218 e. The van der Waals surface area contributed by atoms with Crippen LogP contribution in [0.25, 0.3) is 5.78 Å². The smallest absolute Gasteiger partial charge is 0.218 e. The molecule has 5 nitrogen and oxygen atoms in total.